The summed E-state index contributed by atoms with van der Waals surface area (Å²) in [6, 6.07) is 15.6. The number of carbonyl (C=O) groups excluding carboxylic acids is 2. The minimum atomic E-state index is -0.417. The van der Waals surface area contributed by atoms with Gasteiger partial charge in [0.15, 0.2) is 0 Å². The molecule has 0 fully saturated rings. The van der Waals surface area contributed by atoms with Gasteiger partial charge in [-0.3, -0.25) is 4.79 Å². The molecular formula is C19H17NO3S. The van der Waals surface area contributed by atoms with Gasteiger partial charge >= 0.3 is 5.97 Å². The number of esters is 1. The van der Waals surface area contributed by atoms with Crippen molar-refractivity contribution >= 4 is 39.0 Å². The molecule has 3 aromatic rings. The molecule has 1 heterocycles. The Hall–Kier alpha value is -2.66. The van der Waals surface area contributed by atoms with Crippen LogP contribution >= 0.6 is 11.3 Å². The number of carbonyl (C=O) groups is 2. The van der Waals surface area contributed by atoms with Crippen LogP contribution in [0, 0.1) is 0 Å². The van der Waals surface area contributed by atoms with Crippen molar-refractivity contribution in [1.82, 2.24) is 0 Å². The maximum atomic E-state index is 12.3. The van der Waals surface area contributed by atoms with E-state index in [-0.39, 0.29) is 12.3 Å². The van der Waals surface area contributed by atoms with E-state index in [4.69, 9.17) is 4.74 Å². The van der Waals surface area contributed by atoms with Crippen LogP contribution < -0.4 is 5.32 Å². The van der Waals surface area contributed by atoms with Gasteiger partial charge in [-0.25, -0.2) is 4.79 Å². The lowest BCUT2D eigenvalue weighted by Crippen LogP contribution is -2.16. The molecule has 0 aliphatic heterocycles. The van der Waals surface area contributed by atoms with E-state index >= 15 is 0 Å². The molecule has 0 saturated heterocycles. The fourth-order valence-corrected chi connectivity index (χ4v) is 3.27. The standard InChI is InChI=1S/C19H17NO3S/c1-2-23-19(22)16-9-10-24-18(16)20-17(21)12-13-7-8-14-5-3-4-6-15(14)11-13/h3-11H,2,12H2,1H3,(H,20,21). The van der Waals surface area contributed by atoms with E-state index in [2.05, 4.69) is 5.32 Å². The highest BCUT2D eigenvalue weighted by molar-refractivity contribution is 7.14. The van der Waals surface area contributed by atoms with Crippen LogP contribution in [-0.2, 0) is 16.0 Å². The Balaban J connectivity index is 1.71. The topological polar surface area (TPSA) is 55.4 Å². The highest BCUT2D eigenvalue weighted by Gasteiger charge is 2.16. The van der Waals surface area contributed by atoms with Crippen LogP contribution in [0.25, 0.3) is 10.8 Å². The molecule has 0 aliphatic carbocycles. The fraction of sp³-hybridized carbons (Fsp3) is 0.158. The Bertz CT molecular complexity index is 885. The second kappa shape index (κ2) is 7.27. The molecule has 1 N–H and O–H groups in total. The van der Waals surface area contributed by atoms with Crippen LogP contribution in [0.5, 0.6) is 0 Å². The number of nitrogens with one attached hydrogen (secondary N) is 1. The molecule has 0 radical (unpaired) electrons. The van der Waals surface area contributed by atoms with Crippen LogP contribution in [0.3, 0.4) is 0 Å². The summed E-state index contributed by atoms with van der Waals surface area (Å²) in [5.74, 6) is -0.571. The summed E-state index contributed by atoms with van der Waals surface area (Å²) >= 11 is 1.31. The molecule has 122 valence electrons. The lowest BCUT2D eigenvalue weighted by atomic mass is 10.0. The average Bonchev–Trinajstić information content (AvgIpc) is 3.03. The number of amides is 1. The molecule has 0 aliphatic rings. The van der Waals surface area contributed by atoms with Crippen molar-refractivity contribution in [2.75, 3.05) is 11.9 Å². The van der Waals surface area contributed by atoms with E-state index in [0.29, 0.717) is 17.2 Å². The zero-order valence-corrected chi connectivity index (χ0v) is 14.1. The lowest BCUT2D eigenvalue weighted by molar-refractivity contribution is -0.115. The maximum absolute atomic E-state index is 12.3. The Labute approximate surface area is 144 Å². The SMILES string of the molecule is CCOC(=O)c1ccsc1NC(=O)Cc1ccc2ccccc2c1. The third-order valence-corrected chi connectivity index (χ3v) is 4.42. The zero-order chi connectivity index (χ0) is 16.9. The summed E-state index contributed by atoms with van der Waals surface area (Å²) in [6.07, 6.45) is 0.255. The number of benzene rings is 2. The first-order valence-corrected chi connectivity index (χ1v) is 8.57. The normalized spacial score (nSPS) is 10.5. The van der Waals surface area contributed by atoms with E-state index in [1.165, 1.54) is 11.3 Å². The summed E-state index contributed by atoms with van der Waals surface area (Å²) < 4.78 is 4.99. The van der Waals surface area contributed by atoms with E-state index < -0.39 is 5.97 Å². The van der Waals surface area contributed by atoms with E-state index in [9.17, 15) is 9.59 Å². The highest BCUT2D eigenvalue weighted by Crippen LogP contribution is 2.24. The smallest absolute Gasteiger partial charge is 0.341 e. The monoisotopic (exact) mass is 339 g/mol. The highest BCUT2D eigenvalue weighted by atomic mass is 32.1. The average molecular weight is 339 g/mol. The van der Waals surface area contributed by atoms with E-state index in [1.807, 2.05) is 42.5 Å². The second-order valence-corrected chi connectivity index (χ2v) is 6.21. The van der Waals surface area contributed by atoms with Gasteiger partial charge in [0.05, 0.1) is 18.6 Å². The number of hydrogen-bond acceptors (Lipinski definition) is 4. The second-order valence-electron chi connectivity index (χ2n) is 5.29. The van der Waals surface area contributed by atoms with Crippen LogP contribution in [-0.4, -0.2) is 18.5 Å². The van der Waals surface area contributed by atoms with Crippen molar-refractivity contribution in [3.63, 3.8) is 0 Å². The third kappa shape index (κ3) is 3.63. The zero-order valence-electron chi connectivity index (χ0n) is 13.2. The first-order valence-electron chi connectivity index (χ1n) is 7.69. The fourth-order valence-electron chi connectivity index (χ4n) is 2.48. The number of thiophene rings is 1. The summed E-state index contributed by atoms with van der Waals surface area (Å²) in [5, 5.41) is 7.34. The van der Waals surface area contributed by atoms with E-state index in [1.54, 1.807) is 18.4 Å². The van der Waals surface area contributed by atoms with Crippen molar-refractivity contribution in [1.29, 1.82) is 0 Å². The number of anilines is 1. The maximum Gasteiger partial charge on any atom is 0.341 e. The van der Waals surface area contributed by atoms with Crippen LogP contribution in [0.1, 0.15) is 22.8 Å². The minimum Gasteiger partial charge on any atom is -0.462 e. The molecule has 0 spiro atoms. The molecule has 4 nitrogen and oxygen atoms in total. The van der Waals surface area contributed by atoms with Gasteiger partial charge in [-0.1, -0.05) is 42.5 Å². The number of fused-ring (bicyclic) bond motifs is 1. The van der Waals surface area contributed by atoms with Gasteiger partial charge in [-0.05, 0) is 34.7 Å². The van der Waals surface area contributed by atoms with Gasteiger partial charge in [-0.2, -0.15) is 0 Å². The molecule has 0 atom stereocenters. The van der Waals surface area contributed by atoms with Gasteiger partial charge in [0.25, 0.3) is 0 Å². The summed E-state index contributed by atoms with van der Waals surface area (Å²) in [4.78, 5) is 24.1. The molecular weight excluding hydrogens is 322 g/mol. The first-order chi connectivity index (χ1) is 11.7. The summed E-state index contributed by atoms with van der Waals surface area (Å²) in [6.45, 7) is 2.06. The van der Waals surface area contributed by atoms with Crippen molar-refractivity contribution in [2.24, 2.45) is 0 Å². The van der Waals surface area contributed by atoms with Gasteiger partial charge in [0, 0.05) is 0 Å². The molecule has 0 bridgehead atoms. The predicted octanol–water partition coefficient (Wildman–Crippen LogP) is 4.26. The molecule has 1 amide bonds. The van der Waals surface area contributed by atoms with Crippen molar-refractivity contribution < 1.29 is 14.3 Å². The van der Waals surface area contributed by atoms with Crippen molar-refractivity contribution in [2.45, 2.75) is 13.3 Å². The van der Waals surface area contributed by atoms with Crippen LogP contribution in [0.2, 0.25) is 0 Å². The first kappa shape index (κ1) is 16.2. The van der Waals surface area contributed by atoms with Crippen LogP contribution in [0.15, 0.2) is 53.9 Å². The Kier molecular flexibility index (Phi) is 4.91. The van der Waals surface area contributed by atoms with Crippen molar-refractivity contribution in [3.05, 3.63) is 65.0 Å². The quantitative estimate of drug-likeness (QED) is 0.707. The lowest BCUT2D eigenvalue weighted by Gasteiger charge is -2.07. The van der Waals surface area contributed by atoms with Gasteiger partial charge < -0.3 is 10.1 Å². The molecule has 1 aromatic heterocycles. The van der Waals surface area contributed by atoms with Gasteiger partial charge in [0.2, 0.25) is 5.91 Å². The third-order valence-electron chi connectivity index (χ3n) is 3.59. The molecule has 24 heavy (non-hydrogen) atoms. The number of ether oxygens (including phenoxy) is 1. The van der Waals surface area contributed by atoms with Gasteiger partial charge in [-0.15, -0.1) is 11.3 Å². The molecule has 0 saturated carbocycles. The Morgan fingerprint density at radius 1 is 1.08 bits per heavy atom. The summed E-state index contributed by atoms with van der Waals surface area (Å²) in [5.41, 5.74) is 1.33. The van der Waals surface area contributed by atoms with Gasteiger partial charge in [0.1, 0.15) is 5.00 Å². The Morgan fingerprint density at radius 2 is 1.88 bits per heavy atom. The van der Waals surface area contributed by atoms with Crippen LogP contribution in [0.4, 0.5) is 5.00 Å². The molecule has 0 unspecified atom stereocenters. The van der Waals surface area contributed by atoms with Crippen molar-refractivity contribution in [3.8, 4) is 0 Å². The number of rotatable bonds is 5. The number of hydrogen-bond donors (Lipinski definition) is 1. The molecule has 2 aromatic carbocycles. The minimum absolute atomic E-state index is 0.154. The van der Waals surface area contributed by atoms with E-state index in [0.717, 1.165) is 16.3 Å². The summed E-state index contributed by atoms with van der Waals surface area (Å²) in [7, 11) is 0. The molecule has 3 rings (SSSR count). The Morgan fingerprint density at radius 3 is 2.67 bits per heavy atom. The predicted molar refractivity (Wildman–Crippen MR) is 96.6 cm³/mol. The largest absolute Gasteiger partial charge is 0.462 e. The molecule has 5 heteroatoms.